The van der Waals surface area contributed by atoms with Gasteiger partial charge in [0.05, 0.1) is 5.56 Å². The van der Waals surface area contributed by atoms with Crippen molar-refractivity contribution in [1.82, 2.24) is 4.98 Å². The largest absolute Gasteiger partial charge is 0.488 e. The number of ether oxygens (including phenoxy) is 2. The molecule has 0 unspecified atom stereocenters. The van der Waals surface area contributed by atoms with Crippen LogP contribution in [0.3, 0.4) is 0 Å². The van der Waals surface area contributed by atoms with Crippen LogP contribution in [0.1, 0.15) is 27.0 Å². The third kappa shape index (κ3) is 3.61. The molecule has 140 valence electrons. The quantitative estimate of drug-likeness (QED) is 0.502. The second-order valence-corrected chi connectivity index (χ2v) is 7.15. The first-order valence-electron chi connectivity index (χ1n) is 8.57. The van der Waals surface area contributed by atoms with E-state index in [9.17, 15) is 4.79 Å². The van der Waals surface area contributed by atoms with Crippen LogP contribution in [0.15, 0.2) is 60.6 Å². The van der Waals surface area contributed by atoms with Gasteiger partial charge < -0.3 is 9.47 Å². The van der Waals surface area contributed by atoms with Gasteiger partial charge in [0.25, 0.3) is 0 Å². The van der Waals surface area contributed by atoms with Crippen molar-refractivity contribution in [2.75, 3.05) is 0 Å². The summed E-state index contributed by atoms with van der Waals surface area (Å²) in [5, 5.41) is 1.11. The molecule has 4 rings (SSSR count). The number of ketones is 1. The number of halogens is 2. The second-order valence-electron chi connectivity index (χ2n) is 6.31. The highest BCUT2D eigenvalue weighted by Crippen LogP contribution is 2.39. The van der Waals surface area contributed by atoms with Crippen molar-refractivity contribution < 1.29 is 14.3 Å². The van der Waals surface area contributed by atoms with Gasteiger partial charge in [-0.15, -0.1) is 0 Å². The van der Waals surface area contributed by atoms with Crippen LogP contribution in [-0.2, 0) is 6.61 Å². The summed E-state index contributed by atoms with van der Waals surface area (Å²) in [6.07, 6.45) is 5.04. The number of aromatic nitrogens is 1. The van der Waals surface area contributed by atoms with Crippen LogP contribution in [0.25, 0.3) is 6.08 Å². The Morgan fingerprint density at radius 3 is 2.64 bits per heavy atom. The number of nitrogens with zero attached hydrogens (tertiary/aromatic N) is 1. The summed E-state index contributed by atoms with van der Waals surface area (Å²) in [6, 6.07) is 12.4. The van der Waals surface area contributed by atoms with E-state index in [2.05, 4.69) is 4.98 Å². The summed E-state index contributed by atoms with van der Waals surface area (Å²) in [7, 11) is 0. The Morgan fingerprint density at radius 2 is 1.89 bits per heavy atom. The normalized spacial score (nSPS) is 14.1. The van der Waals surface area contributed by atoms with Crippen LogP contribution in [-0.4, -0.2) is 10.8 Å². The monoisotopic (exact) mass is 411 g/mol. The Hall–Kier alpha value is -2.82. The molecule has 0 spiro atoms. The molecule has 0 saturated heterocycles. The molecule has 3 aromatic rings. The summed E-state index contributed by atoms with van der Waals surface area (Å²) in [6.45, 7) is 2.14. The van der Waals surface area contributed by atoms with Crippen LogP contribution in [0, 0.1) is 6.92 Å². The zero-order valence-corrected chi connectivity index (χ0v) is 16.4. The lowest BCUT2D eigenvalue weighted by Crippen LogP contribution is -1.99. The summed E-state index contributed by atoms with van der Waals surface area (Å²) in [5.74, 6) is 1.28. The molecule has 0 fully saturated rings. The SMILES string of the molecule is Cc1c(OCc2ccc(Cl)cc2Cl)ccc2c1O/C(=C\c1ccncc1)C2=O. The van der Waals surface area contributed by atoms with Gasteiger partial charge in [-0.05, 0) is 55.0 Å². The van der Waals surface area contributed by atoms with E-state index >= 15 is 0 Å². The molecule has 2 aromatic carbocycles. The number of hydrogen-bond donors (Lipinski definition) is 0. The van der Waals surface area contributed by atoms with E-state index in [1.807, 2.05) is 25.1 Å². The van der Waals surface area contributed by atoms with E-state index in [0.717, 1.165) is 16.7 Å². The molecule has 0 atom stereocenters. The summed E-state index contributed by atoms with van der Waals surface area (Å²) >= 11 is 12.1. The maximum atomic E-state index is 12.6. The fourth-order valence-corrected chi connectivity index (χ4v) is 3.39. The van der Waals surface area contributed by atoms with Crippen LogP contribution < -0.4 is 9.47 Å². The number of carbonyl (C=O) groups is 1. The smallest absolute Gasteiger partial charge is 0.231 e. The fraction of sp³-hybridized carbons (Fsp3) is 0.0909. The van der Waals surface area contributed by atoms with E-state index in [1.54, 1.807) is 42.7 Å². The van der Waals surface area contributed by atoms with Crippen LogP contribution in [0.4, 0.5) is 0 Å². The highest BCUT2D eigenvalue weighted by molar-refractivity contribution is 6.35. The molecule has 2 heterocycles. The van der Waals surface area contributed by atoms with Gasteiger partial charge in [-0.1, -0.05) is 29.3 Å². The van der Waals surface area contributed by atoms with Gasteiger partial charge in [0, 0.05) is 33.6 Å². The van der Waals surface area contributed by atoms with Gasteiger partial charge in [-0.25, -0.2) is 0 Å². The van der Waals surface area contributed by atoms with Crippen LogP contribution >= 0.6 is 23.2 Å². The lowest BCUT2D eigenvalue weighted by molar-refractivity contribution is 0.101. The fourth-order valence-electron chi connectivity index (χ4n) is 2.93. The number of benzene rings is 2. The number of Topliss-reactive ketones (excluding diaryl/α,β-unsaturated/α-hetero) is 1. The first kappa shape index (κ1) is 18.5. The molecule has 4 nitrogen and oxygen atoms in total. The molecule has 1 aromatic heterocycles. The number of hydrogen-bond acceptors (Lipinski definition) is 4. The van der Waals surface area contributed by atoms with Gasteiger partial charge in [-0.2, -0.15) is 0 Å². The van der Waals surface area contributed by atoms with Crippen molar-refractivity contribution in [3.05, 3.63) is 92.9 Å². The molecule has 0 amide bonds. The maximum absolute atomic E-state index is 12.6. The van der Waals surface area contributed by atoms with E-state index in [4.69, 9.17) is 32.7 Å². The van der Waals surface area contributed by atoms with Gasteiger partial charge in [-0.3, -0.25) is 9.78 Å². The van der Waals surface area contributed by atoms with E-state index in [0.29, 0.717) is 27.1 Å². The number of carbonyl (C=O) groups excluding carboxylic acids is 1. The molecule has 6 heteroatoms. The lowest BCUT2D eigenvalue weighted by Gasteiger charge is -2.12. The van der Waals surface area contributed by atoms with Crippen LogP contribution in [0.5, 0.6) is 11.5 Å². The molecule has 0 saturated carbocycles. The Kier molecular flexibility index (Phi) is 5.07. The number of pyridine rings is 1. The van der Waals surface area contributed by atoms with Gasteiger partial charge in [0.2, 0.25) is 5.78 Å². The average molecular weight is 412 g/mol. The summed E-state index contributed by atoms with van der Waals surface area (Å²) in [4.78, 5) is 16.6. The standard InChI is InChI=1S/C22H15Cl2NO3/c1-13-19(27-12-15-2-3-16(23)11-18(15)24)5-4-17-21(26)20(28-22(13)17)10-14-6-8-25-9-7-14/h2-11H,12H2,1H3/b20-10-. The van der Waals surface area contributed by atoms with E-state index < -0.39 is 0 Å². The van der Waals surface area contributed by atoms with Crippen LogP contribution in [0.2, 0.25) is 10.0 Å². The minimum atomic E-state index is -0.151. The molecule has 0 N–H and O–H groups in total. The molecule has 0 radical (unpaired) electrons. The van der Waals surface area contributed by atoms with Crippen molar-refractivity contribution in [3.63, 3.8) is 0 Å². The molecule has 0 aliphatic carbocycles. The zero-order valence-electron chi connectivity index (χ0n) is 14.9. The average Bonchev–Trinajstić information content (AvgIpc) is 3.00. The summed E-state index contributed by atoms with van der Waals surface area (Å²) < 4.78 is 11.8. The number of fused-ring (bicyclic) bond motifs is 1. The Bertz CT molecular complexity index is 1090. The molecular weight excluding hydrogens is 397 g/mol. The van der Waals surface area contributed by atoms with Crippen molar-refractivity contribution in [2.24, 2.45) is 0 Å². The van der Waals surface area contributed by atoms with E-state index in [1.165, 1.54) is 0 Å². The number of rotatable bonds is 4. The Labute approximate surface area is 172 Å². The molecule has 28 heavy (non-hydrogen) atoms. The van der Waals surface area contributed by atoms with E-state index in [-0.39, 0.29) is 18.1 Å². The third-order valence-electron chi connectivity index (χ3n) is 4.44. The second kappa shape index (κ2) is 7.66. The summed E-state index contributed by atoms with van der Waals surface area (Å²) in [5.41, 5.74) is 2.95. The molecule has 1 aliphatic rings. The highest BCUT2D eigenvalue weighted by Gasteiger charge is 2.30. The van der Waals surface area contributed by atoms with Crippen molar-refractivity contribution >= 4 is 35.1 Å². The molecule has 0 bridgehead atoms. The van der Waals surface area contributed by atoms with Crippen molar-refractivity contribution in [2.45, 2.75) is 13.5 Å². The van der Waals surface area contributed by atoms with Crippen molar-refractivity contribution in [3.8, 4) is 11.5 Å². The predicted molar refractivity (Wildman–Crippen MR) is 109 cm³/mol. The maximum Gasteiger partial charge on any atom is 0.231 e. The Balaban J connectivity index is 1.57. The van der Waals surface area contributed by atoms with Crippen molar-refractivity contribution in [1.29, 1.82) is 0 Å². The topological polar surface area (TPSA) is 48.4 Å². The minimum absolute atomic E-state index is 0.151. The lowest BCUT2D eigenvalue weighted by atomic mass is 10.1. The Morgan fingerprint density at radius 1 is 1.11 bits per heavy atom. The number of allylic oxidation sites excluding steroid dienone is 1. The minimum Gasteiger partial charge on any atom is -0.488 e. The van der Waals surface area contributed by atoms with Gasteiger partial charge >= 0.3 is 0 Å². The predicted octanol–water partition coefficient (Wildman–Crippen LogP) is 5.89. The first-order valence-corrected chi connectivity index (χ1v) is 9.33. The molecule has 1 aliphatic heterocycles. The first-order chi connectivity index (χ1) is 13.5. The van der Waals surface area contributed by atoms with Gasteiger partial charge in [0.1, 0.15) is 18.1 Å². The zero-order chi connectivity index (χ0) is 19.7. The third-order valence-corrected chi connectivity index (χ3v) is 5.03. The van der Waals surface area contributed by atoms with Gasteiger partial charge in [0.15, 0.2) is 5.76 Å². The molecular formula is C22H15Cl2NO3. The highest BCUT2D eigenvalue weighted by atomic mass is 35.5.